The molecular weight excluding hydrogens is 544 g/mol. The van der Waals surface area contributed by atoms with Gasteiger partial charge in [-0.25, -0.2) is 0 Å². The molecule has 242 valence electrons. The quantitative estimate of drug-likeness (QED) is 0.125. The highest BCUT2D eigenvalue weighted by molar-refractivity contribution is 5.97. The lowest BCUT2D eigenvalue weighted by molar-refractivity contribution is -0.190. The van der Waals surface area contributed by atoms with E-state index in [0.29, 0.717) is 12.8 Å². The van der Waals surface area contributed by atoms with E-state index >= 15 is 0 Å². The van der Waals surface area contributed by atoms with E-state index in [1.807, 2.05) is 0 Å². The average molecular weight is 599 g/mol. The fourth-order valence-corrected chi connectivity index (χ4v) is 5.33. The predicted octanol–water partition coefficient (Wildman–Crippen LogP) is 2.78. The van der Waals surface area contributed by atoms with E-state index in [-0.39, 0.29) is 24.8 Å². The third-order valence-electron chi connectivity index (χ3n) is 7.55. The van der Waals surface area contributed by atoms with Gasteiger partial charge in [0.2, 0.25) is 11.8 Å². The van der Waals surface area contributed by atoms with Crippen LogP contribution < -0.4 is 10.6 Å². The number of nitrogens with one attached hydrogen (secondary N) is 2. The predicted molar refractivity (Wildman–Crippen MR) is 157 cm³/mol. The molecule has 0 spiro atoms. The van der Waals surface area contributed by atoms with E-state index < -0.39 is 72.3 Å². The first-order valence-electron chi connectivity index (χ1n) is 15.6. The van der Waals surface area contributed by atoms with Crippen LogP contribution in [0, 0.1) is 0 Å². The highest BCUT2D eigenvalue weighted by Gasteiger charge is 2.51. The topological polar surface area (TPSA) is 164 Å². The summed E-state index contributed by atoms with van der Waals surface area (Å²) in [6.45, 7) is 10.4. The molecule has 2 rings (SSSR count). The molecule has 42 heavy (non-hydrogen) atoms. The Hall–Kier alpha value is -2.05. The Bertz CT molecular complexity index is 905. The molecule has 11 nitrogen and oxygen atoms in total. The molecule has 0 radical (unpaired) electrons. The van der Waals surface area contributed by atoms with Gasteiger partial charge in [-0.05, 0) is 53.0 Å². The summed E-state index contributed by atoms with van der Waals surface area (Å²) in [5.74, 6) is -2.58. The van der Waals surface area contributed by atoms with Gasteiger partial charge in [0.1, 0.15) is 23.9 Å². The first-order valence-corrected chi connectivity index (χ1v) is 15.6. The molecule has 1 aliphatic heterocycles. The zero-order chi connectivity index (χ0) is 31.5. The van der Waals surface area contributed by atoms with E-state index in [1.54, 1.807) is 26.8 Å². The summed E-state index contributed by atoms with van der Waals surface area (Å²) in [7, 11) is 0. The molecule has 2 aliphatic rings. The number of hydrogen-bond donors (Lipinski definition) is 5. The van der Waals surface area contributed by atoms with Crippen molar-refractivity contribution in [3.63, 3.8) is 0 Å². The summed E-state index contributed by atoms with van der Waals surface area (Å²) >= 11 is 0. The van der Waals surface area contributed by atoms with Gasteiger partial charge in [0, 0.05) is 31.3 Å². The molecule has 1 saturated heterocycles. The maximum Gasteiger partial charge on any atom is 0.306 e. The zero-order valence-corrected chi connectivity index (χ0v) is 26.3. The highest BCUT2D eigenvalue weighted by atomic mass is 16.8. The smallest absolute Gasteiger partial charge is 0.306 e. The van der Waals surface area contributed by atoms with Gasteiger partial charge in [-0.1, -0.05) is 39.5 Å². The van der Waals surface area contributed by atoms with E-state index in [0.717, 1.165) is 38.5 Å². The van der Waals surface area contributed by atoms with Crippen molar-refractivity contribution in [2.45, 2.75) is 160 Å². The van der Waals surface area contributed by atoms with Gasteiger partial charge in [0.05, 0.1) is 24.9 Å². The lowest BCUT2D eigenvalue weighted by Crippen LogP contribution is -2.55. The van der Waals surface area contributed by atoms with Crippen molar-refractivity contribution in [3.8, 4) is 0 Å². The van der Waals surface area contributed by atoms with Crippen molar-refractivity contribution in [2.24, 2.45) is 0 Å². The maximum absolute atomic E-state index is 13.2. The molecule has 0 aromatic heterocycles. The van der Waals surface area contributed by atoms with Crippen molar-refractivity contribution < 1.29 is 43.9 Å². The Kier molecular flexibility index (Phi) is 14.4. The van der Waals surface area contributed by atoms with Crippen molar-refractivity contribution >= 4 is 17.8 Å². The molecule has 0 aromatic rings. The number of aliphatic hydroxyl groups excluding tert-OH is 3. The Morgan fingerprint density at radius 2 is 1.69 bits per heavy atom. The number of esters is 1. The van der Waals surface area contributed by atoms with Crippen LogP contribution in [0.5, 0.6) is 0 Å². The van der Waals surface area contributed by atoms with Crippen LogP contribution >= 0.6 is 0 Å². The third kappa shape index (κ3) is 11.2. The molecule has 1 aliphatic carbocycles. The summed E-state index contributed by atoms with van der Waals surface area (Å²) in [5.41, 5.74) is -0.410. The number of unbranched alkanes of at least 4 members (excludes halogenated alkanes) is 4. The Morgan fingerprint density at radius 1 is 1.07 bits per heavy atom. The van der Waals surface area contributed by atoms with Gasteiger partial charge in [-0.2, -0.15) is 0 Å². The van der Waals surface area contributed by atoms with Gasteiger partial charge >= 0.3 is 5.97 Å². The van der Waals surface area contributed by atoms with Crippen LogP contribution in [0.2, 0.25) is 0 Å². The number of rotatable bonds is 17. The standard InChI is InChI=1S/C31H54N2O9/c1-7-9-11-15-31(16-12-10-8-2)40-24-18-21(17-23(36)27(24)42-31)28(38)33-26(20(3)35)29(39)32-22(19-34)13-14-25(37)41-30(4,5)6/h18,20,22-24,26-27,34-36H,7-17,19H2,1-6H3,(H,32,39)(H,33,38). The third-order valence-corrected chi connectivity index (χ3v) is 7.55. The SMILES string of the molecule is CCCCCC1(CCCCC)OC2C=C(C(=O)NC(C(=O)NC(CO)CCC(=O)OC(C)(C)C)C(C)O)CC(O)C2O1. The molecular formula is C31H54N2O9. The lowest BCUT2D eigenvalue weighted by Gasteiger charge is -2.29. The molecule has 0 aromatic carbocycles. The van der Waals surface area contributed by atoms with Crippen LogP contribution in [0.25, 0.3) is 0 Å². The molecule has 11 heteroatoms. The number of amides is 2. The second kappa shape index (κ2) is 16.7. The van der Waals surface area contributed by atoms with E-state index in [2.05, 4.69) is 24.5 Å². The molecule has 0 saturated carbocycles. The first-order chi connectivity index (χ1) is 19.7. The van der Waals surface area contributed by atoms with Crippen molar-refractivity contribution in [3.05, 3.63) is 11.6 Å². The minimum absolute atomic E-state index is 0.0136. The summed E-state index contributed by atoms with van der Waals surface area (Å²) in [6, 6.07) is -2.11. The first kappa shape index (κ1) is 36.1. The van der Waals surface area contributed by atoms with Crippen LogP contribution in [0.3, 0.4) is 0 Å². The monoisotopic (exact) mass is 598 g/mol. The van der Waals surface area contributed by atoms with Gasteiger partial charge in [-0.3, -0.25) is 14.4 Å². The minimum atomic E-state index is -1.33. The fraction of sp³-hybridized carbons (Fsp3) is 0.839. The number of carbonyl (C=O) groups is 3. The zero-order valence-electron chi connectivity index (χ0n) is 26.3. The van der Waals surface area contributed by atoms with Crippen molar-refractivity contribution in [1.82, 2.24) is 10.6 Å². The summed E-state index contributed by atoms with van der Waals surface area (Å²) in [4.78, 5) is 38.3. The van der Waals surface area contributed by atoms with Crippen LogP contribution in [-0.2, 0) is 28.6 Å². The average Bonchev–Trinajstić information content (AvgIpc) is 3.27. The van der Waals surface area contributed by atoms with Gasteiger partial charge in [0.25, 0.3) is 0 Å². The molecule has 6 unspecified atom stereocenters. The van der Waals surface area contributed by atoms with Gasteiger partial charge in [0.15, 0.2) is 5.79 Å². The van der Waals surface area contributed by atoms with Crippen LogP contribution in [0.15, 0.2) is 11.6 Å². The van der Waals surface area contributed by atoms with Crippen molar-refractivity contribution in [1.29, 1.82) is 0 Å². The Labute approximate surface area is 250 Å². The van der Waals surface area contributed by atoms with Crippen molar-refractivity contribution in [2.75, 3.05) is 6.61 Å². The van der Waals surface area contributed by atoms with E-state index in [9.17, 15) is 29.7 Å². The van der Waals surface area contributed by atoms with Crippen LogP contribution in [0.4, 0.5) is 0 Å². The van der Waals surface area contributed by atoms with Gasteiger partial charge in [-0.15, -0.1) is 0 Å². The van der Waals surface area contributed by atoms with E-state index in [4.69, 9.17) is 14.2 Å². The fourth-order valence-electron chi connectivity index (χ4n) is 5.33. The number of ether oxygens (including phenoxy) is 3. The maximum atomic E-state index is 13.2. The molecule has 5 N–H and O–H groups in total. The molecule has 1 heterocycles. The van der Waals surface area contributed by atoms with Crippen LogP contribution in [0.1, 0.15) is 112 Å². The summed E-state index contributed by atoms with van der Waals surface area (Å²) < 4.78 is 18.0. The Morgan fingerprint density at radius 3 is 2.21 bits per heavy atom. The number of aliphatic hydroxyl groups is 3. The largest absolute Gasteiger partial charge is 0.460 e. The Balaban J connectivity index is 2.07. The van der Waals surface area contributed by atoms with Crippen LogP contribution in [-0.4, -0.2) is 87.6 Å². The van der Waals surface area contributed by atoms with Gasteiger partial charge < -0.3 is 40.2 Å². The molecule has 2 amide bonds. The normalized spacial score (nSPS) is 23.7. The van der Waals surface area contributed by atoms with E-state index in [1.165, 1.54) is 6.92 Å². The molecule has 0 bridgehead atoms. The molecule has 1 fully saturated rings. The second-order valence-corrected chi connectivity index (χ2v) is 12.7. The minimum Gasteiger partial charge on any atom is -0.460 e. The highest BCUT2D eigenvalue weighted by Crippen LogP contribution is 2.42. The lowest BCUT2D eigenvalue weighted by atomic mass is 9.91. The number of fused-ring (bicyclic) bond motifs is 1. The number of carbonyl (C=O) groups excluding carboxylic acids is 3. The summed E-state index contributed by atoms with van der Waals surface area (Å²) in [6.07, 6.45) is 5.86. The number of hydrogen-bond acceptors (Lipinski definition) is 9. The summed E-state index contributed by atoms with van der Waals surface area (Å²) in [5, 5.41) is 36.1. The molecule has 6 atom stereocenters. The second-order valence-electron chi connectivity index (χ2n) is 12.7.